The van der Waals surface area contributed by atoms with Gasteiger partial charge in [0.25, 0.3) is 0 Å². The average Bonchev–Trinajstić information content (AvgIpc) is 3.47. The first-order chi connectivity index (χ1) is 15.2. The van der Waals surface area contributed by atoms with E-state index in [1.165, 1.54) is 25.0 Å². The Bertz CT molecular complexity index is 986. The lowest BCUT2D eigenvalue weighted by Crippen LogP contribution is -2.41. The Kier molecular flexibility index (Phi) is 7.07. The van der Waals surface area contributed by atoms with Crippen LogP contribution in [0.15, 0.2) is 48.0 Å². The lowest BCUT2D eigenvalue weighted by Gasteiger charge is -2.34. The third kappa shape index (κ3) is 5.18. The number of hydrogen-bond acceptors (Lipinski definition) is 4. The van der Waals surface area contributed by atoms with Gasteiger partial charge >= 0.3 is 0 Å². The van der Waals surface area contributed by atoms with Gasteiger partial charge < -0.3 is 14.2 Å². The zero-order valence-electron chi connectivity index (χ0n) is 18.4. The molecule has 1 amide bonds. The highest BCUT2D eigenvalue weighted by atomic mass is 32.1. The summed E-state index contributed by atoms with van der Waals surface area (Å²) in [5.74, 6) is 1.11. The van der Waals surface area contributed by atoms with Crippen LogP contribution < -0.4 is 4.74 Å². The van der Waals surface area contributed by atoms with Gasteiger partial charge in [-0.2, -0.15) is 0 Å². The highest BCUT2D eigenvalue weighted by molar-refractivity contribution is 7.13. The second-order valence-corrected chi connectivity index (χ2v) is 9.03. The molecule has 2 aromatic heterocycles. The van der Waals surface area contributed by atoms with Gasteiger partial charge in [0.15, 0.2) is 0 Å². The number of amides is 1. The standard InChI is InChI=1S/C25H31N3O2S/c1-3-24(29)28(21-8-5-4-6-9-21)17-22-10-7-15-27(22)16-20-18-31-25(26-20)19-11-13-23(30-2)14-12-19/h7,10-15,18,21H,3-6,8-9,16-17H2,1-2H3. The first kappa shape index (κ1) is 21.6. The van der Waals surface area contributed by atoms with Crippen LogP contribution >= 0.6 is 11.3 Å². The molecular formula is C25H31N3O2S. The van der Waals surface area contributed by atoms with Gasteiger partial charge in [-0.15, -0.1) is 11.3 Å². The van der Waals surface area contributed by atoms with Crippen LogP contribution in [-0.4, -0.2) is 33.5 Å². The smallest absolute Gasteiger partial charge is 0.222 e. The predicted octanol–water partition coefficient (Wildman–Crippen LogP) is 5.74. The van der Waals surface area contributed by atoms with Gasteiger partial charge in [0, 0.05) is 35.3 Å². The van der Waals surface area contributed by atoms with Crippen molar-refractivity contribution in [2.45, 2.75) is 64.6 Å². The Morgan fingerprint density at radius 2 is 1.97 bits per heavy atom. The van der Waals surface area contributed by atoms with Gasteiger partial charge in [-0.05, 0) is 49.2 Å². The van der Waals surface area contributed by atoms with Gasteiger partial charge in [0.2, 0.25) is 5.91 Å². The number of methoxy groups -OCH3 is 1. The molecule has 1 saturated carbocycles. The lowest BCUT2D eigenvalue weighted by molar-refractivity contribution is -0.134. The van der Waals surface area contributed by atoms with E-state index in [9.17, 15) is 4.79 Å². The number of benzene rings is 1. The number of carbonyl (C=O) groups excluding carboxylic acids is 1. The molecule has 5 nitrogen and oxygen atoms in total. The molecule has 0 radical (unpaired) electrons. The van der Waals surface area contributed by atoms with Gasteiger partial charge in [-0.25, -0.2) is 4.98 Å². The lowest BCUT2D eigenvalue weighted by atomic mass is 9.94. The van der Waals surface area contributed by atoms with E-state index in [-0.39, 0.29) is 5.91 Å². The van der Waals surface area contributed by atoms with Crippen molar-refractivity contribution in [1.29, 1.82) is 0 Å². The number of rotatable bonds is 8. The van der Waals surface area contributed by atoms with E-state index in [1.54, 1.807) is 18.4 Å². The molecule has 0 spiro atoms. The summed E-state index contributed by atoms with van der Waals surface area (Å²) in [6.07, 6.45) is 8.67. The molecule has 1 fully saturated rings. The van der Waals surface area contributed by atoms with Crippen molar-refractivity contribution < 1.29 is 9.53 Å². The predicted molar refractivity (Wildman–Crippen MR) is 125 cm³/mol. The second kappa shape index (κ2) is 10.1. The number of thiazole rings is 1. The maximum absolute atomic E-state index is 12.7. The largest absolute Gasteiger partial charge is 0.497 e. The van der Waals surface area contributed by atoms with Crippen LogP contribution in [0.5, 0.6) is 5.75 Å². The zero-order valence-corrected chi connectivity index (χ0v) is 19.2. The molecule has 164 valence electrons. The van der Waals surface area contributed by atoms with Crippen molar-refractivity contribution in [3.05, 3.63) is 59.4 Å². The Balaban J connectivity index is 1.47. The molecule has 0 saturated heterocycles. The molecule has 0 atom stereocenters. The first-order valence-electron chi connectivity index (χ1n) is 11.2. The van der Waals surface area contributed by atoms with E-state index in [2.05, 4.69) is 33.2 Å². The molecule has 4 rings (SSSR count). The minimum absolute atomic E-state index is 0.259. The highest BCUT2D eigenvalue weighted by Crippen LogP contribution is 2.27. The van der Waals surface area contributed by atoms with Gasteiger partial charge in [-0.1, -0.05) is 26.2 Å². The van der Waals surface area contributed by atoms with E-state index in [0.717, 1.165) is 34.9 Å². The van der Waals surface area contributed by atoms with Crippen LogP contribution in [0, 0.1) is 0 Å². The van der Waals surface area contributed by atoms with Gasteiger partial charge in [0.1, 0.15) is 10.8 Å². The van der Waals surface area contributed by atoms with Crippen LogP contribution in [0.25, 0.3) is 10.6 Å². The fourth-order valence-corrected chi connectivity index (χ4v) is 5.18. The van der Waals surface area contributed by atoms with Crippen LogP contribution in [0.3, 0.4) is 0 Å². The fraction of sp³-hybridized carbons (Fsp3) is 0.440. The molecule has 0 bridgehead atoms. The third-order valence-corrected chi connectivity index (χ3v) is 7.06. The zero-order chi connectivity index (χ0) is 21.6. The molecular weight excluding hydrogens is 406 g/mol. The summed E-state index contributed by atoms with van der Waals surface area (Å²) < 4.78 is 7.47. The molecule has 1 aliphatic rings. The molecule has 1 aliphatic carbocycles. The summed E-state index contributed by atoms with van der Waals surface area (Å²) >= 11 is 1.66. The van der Waals surface area contributed by atoms with E-state index < -0.39 is 0 Å². The van der Waals surface area contributed by atoms with Gasteiger partial charge in [0.05, 0.1) is 25.9 Å². The summed E-state index contributed by atoms with van der Waals surface area (Å²) in [7, 11) is 1.68. The van der Waals surface area contributed by atoms with Crippen molar-refractivity contribution in [1.82, 2.24) is 14.5 Å². The minimum atomic E-state index is 0.259. The summed E-state index contributed by atoms with van der Waals surface area (Å²) in [6, 6.07) is 12.6. The molecule has 3 aromatic rings. The Morgan fingerprint density at radius 1 is 1.19 bits per heavy atom. The maximum Gasteiger partial charge on any atom is 0.222 e. The first-order valence-corrected chi connectivity index (χ1v) is 12.1. The third-order valence-electron chi connectivity index (χ3n) is 6.12. The van der Waals surface area contributed by atoms with E-state index in [4.69, 9.17) is 9.72 Å². The molecule has 6 heteroatoms. The van der Waals surface area contributed by atoms with E-state index in [0.29, 0.717) is 25.6 Å². The van der Waals surface area contributed by atoms with Crippen LogP contribution in [0.1, 0.15) is 56.8 Å². The van der Waals surface area contributed by atoms with Crippen molar-refractivity contribution in [3.8, 4) is 16.3 Å². The molecule has 2 heterocycles. The summed E-state index contributed by atoms with van der Waals surface area (Å²) in [6.45, 7) is 3.36. The van der Waals surface area contributed by atoms with Crippen molar-refractivity contribution in [2.75, 3.05) is 7.11 Å². The minimum Gasteiger partial charge on any atom is -0.497 e. The Labute approximate surface area is 188 Å². The van der Waals surface area contributed by atoms with Crippen LogP contribution in [0.4, 0.5) is 0 Å². The average molecular weight is 438 g/mol. The number of nitrogens with zero attached hydrogens (tertiary/aromatic N) is 3. The number of hydrogen-bond donors (Lipinski definition) is 0. The quantitative estimate of drug-likeness (QED) is 0.451. The molecule has 0 aliphatic heterocycles. The van der Waals surface area contributed by atoms with Crippen molar-refractivity contribution in [2.24, 2.45) is 0 Å². The topological polar surface area (TPSA) is 47.4 Å². The fourth-order valence-electron chi connectivity index (χ4n) is 4.36. The second-order valence-electron chi connectivity index (χ2n) is 8.17. The monoisotopic (exact) mass is 437 g/mol. The molecule has 0 unspecified atom stereocenters. The highest BCUT2D eigenvalue weighted by Gasteiger charge is 2.25. The SMILES string of the molecule is CCC(=O)N(Cc1cccn1Cc1csc(-c2ccc(OC)cc2)n1)C1CCCCC1. The molecule has 0 N–H and O–H groups in total. The van der Waals surface area contributed by atoms with Gasteiger partial charge in [-0.3, -0.25) is 4.79 Å². The summed E-state index contributed by atoms with van der Waals surface area (Å²) in [5.41, 5.74) is 3.31. The molecule has 1 aromatic carbocycles. The molecule has 31 heavy (non-hydrogen) atoms. The normalized spacial score (nSPS) is 14.5. The Hall–Kier alpha value is -2.60. The van der Waals surface area contributed by atoms with Crippen LogP contribution in [-0.2, 0) is 17.9 Å². The Morgan fingerprint density at radius 3 is 2.68 bits per heavy atom. The summed E-state index contributed by atoms with van der Waals surface area (Å²) in [4.78, 5) is 19.7. The van der Waals surface area contributed by atoms with Crippen LogP contribution in [0.2, 0.25) is 0 Å². The number of ether oxygens (including phenoxy) is 1. The maximum atomic E-state index is 12.7. The van der Waals surface area contributed by atoms with E-state index in [1.807, 2.05) is 31.2 Å². The number of carbonyl (C=O) groups is 1. The van der Waals surface area contributed by atoms with Crippen molar-refractivity contribution in [3.63, 3.8) is 0 Å². The summed E-state index contributed by atoms with van der Waals surface area (Å²) in [5, 5.41) is 3.13. The van der Waals surface area contributed by atoms with E-state index >= 15 is 0 Å². The number of aromatic nitrogens is 2. The van der Waals surface area contributed by atoms with Crippen molar-refractivity contribution >= 4 is 17.2 Å².